The number of nitrogens with one attached hydrogen (secondary N) is 2. The number of rotatable bonds is 1. The van der Waals surface area contributed by atoms with Crippen molar-refractivity contribution in [2.45, 2.75) is 0 Å². The van der Waals surface area contributed by atoms with Gasteiger partial charge in [-0.2, -0.15) is 10.5 Å². The lowest BCUT2D eigenvalue weighted by atomic mass is 10.1. The Labute approximate surface area is 176 Å². The molecule has 0 unspecified atom stereocenters. The predicted octanol–water partition coefficient (Wildman–Crippen LogP) is 3.70. The Morgan fingerprint density at radius 1 is 0.897 bits per heavy atom. The van der Waals surface area contributed by atoms with Crippen molar-refractivity contribution in [3.63, 3.8) is 0 Å². The van der Waals surface area contributed by atoms with Crippen LogP contribution in [0, 0.1) is 22.7 Å². The van der Waals surface area contributed by atoms with Gasteiger partial charge in [0.25, 0.3) is 0 Å². The molecule has 3 aromatic carbocycles. The first-order chi connectivity index (χ1) is 14.2. The minimum absolute atomic E-state index is 0.0876. The molecule has 0 bridgehead atoms. The molecule has 0 aliphatic carbocycles. The van der Waals surface area contributed by atoms with Gasteiger partial charge >= 0.3 is 0 Å². The first-order valence-corrected chi connectivity index (χ1v) is 9.60. The third-order valence-electron chi connectivity index (χ3n) is 4.44. The van der Waals surface area contributed by atoms with E-state index in [1.807, 2.05) is 72.8 Å². The molecule has 4 rings (SSSR count). The number of hydrogen-bond acceptors (Lipinski definition) is 5. The van der Waals surface area contributed by atoms with E-state index in [4.69, 9.17) is 15.5 Å². The number of aliphatic imine (C=N–C) groups is 1. The van der Waals surface area contributed by atoms with E-state index in [-0.39, 0.29) is 5.57 Å². The van der Waals surface area contributed by atoms with Crippen molar-refractivity contribution in [3.05, 3.63) is 93.3 Å². The molecule has 0 atom stereocenters. The van der Waals surface area contributed by atoms with Crippen molar-refractivity contribution < 1.29 is 0 Å². The van der Waals surface area contributed by atoms with Gasteiger partial charge in [-0.3, -0.25) is 0 Å². The van der Waals surface area contributed by atoms with Crippen LogP contribution in [0.2, 0.25) is 0 Å². The van der Waals surface area contributed by atoms with Crippen LogP contribution in [0.3, 0.4) is 0 Å². The molecule has 0 fully saturated rings. The van der Waals surface area contributed by atoms with Crippen LogP contribution in [0.4, 0.5) is 11.4 Å². The Morgan fingerprint density at radius 2 is 1.59 bits per heavy atom. The molecule has 1 aliphatic rings. The first-order valence-electron chi connectivity index (χ1n) is 8.80. The summed E-state index contributed by atoms with van der Waals surface area (Å²) in [6.45, 7) is 0. The summed E-state index contributed by atoms with van der Waals surface area (Å²) in [5.41, 5.74) is 2.94. The van der Waals surface area contributed by atoms with Crippen molar-refractivity contribution in [1.82, 2.24) is 0 Å². The van der Waals surface area contributed by atoms with Crippen LogP contribution >= 0.6 is 15.9 Å². The van der Waals surface area contributed by atoms with Crippen LogP contribution in [-0.2, 0) is 0 Å². The number of halogens is 1. The third-order valence-corrected chi connectivity index (χ3v) is 4.97. The number of nitriles is 2. The molecule has 0 saturated heterocycles. The normalized spacial score (nSPS) is 12.0. The SMILES string of the molecule is N#CC(C#N)=c1ccc(=C2N=C(Nc3ccc(Br)cc3)c3ccccc3N2)cc1. The first kappa shape index (κ1) is 18.5. The molecular weight excluding hydrogens is 426 g/mol. The average molecular weight is 440 g/mol. The van der Waals surface area contributed by atoms with Gasteiger partial charge in [0, 0.05) is 26.2 Å². The predicted molar refractivity (Wildman–Crippen MR) is 118 cm³/mol. The fourth-order valence-electron chi connectivity index (χ4n) is 2.98. The van der Waals surface area contributed by atoms with Gasteiger partial charge in [-0.15, -0.1) is 0 Å². The Kier molecular flexibility index (Phi) is 5.11. The zero-order chi connectivity index (χ0) is 20.2. The summed E-state index contributed by atoms with van der Waals surface area (Å²) in [5.74, 6) is 1.42. The highest BCUT2D eigenvalue weighted by atomic mass is 79.9. The van der Waals surface area contributed by atoms with Crippen molar-refractivity contribution in [1.29, 1.82) is 10.5 Å². The molecule has 6 heteroatoms. The Hall–Kier alpha value is -3.87. The van der Waals surface area contributed by atoms with Gasteiger partial charge in [-0.05, 0) is 36.4 Å². The molecule has 1 aliphatic heterocycles. The largest absolute Gasteiger partial charge is 0.340 e. The fraction of sp³-hybridized carbons (Fsp3) is 0. The highest BCUT2D eigenvalue weighted by Gasteiger charge is 2.16. The number of benzene rings is 3. The lowest BCUT2D eigenvalue weighted by Gasteiger charge is -2.21. The van der Waals surface area contributed by atoms with E-state index in [2.05, 4.69) is 26.6 Å². The van der Waals surface area contributed by atoms with Gasteiger partial charge in [0.15, 0.2) is 0 Å². The Bertz CT molecular complexity index is 1290. The van der Waals surface area contributed by atoms with Gasteiger partial charge in [-0.25, -0.2) is 4.99 Å². The highest BCUT2D eigenvalue weighted by molar-refractivity contribution is 9.10. The molecule has 3 aromatic rings. The van der Waals surface area contributed by atoms with Gasteiger partial charge in [-0.1, -0.05) is 52.3 Å². The minimum atomic E-state index is 0.0876. The molecule has 138 valence electrons. The summed E-state index contributed by atoms with van der Waals surface area (Å²) >= 11 is 3.45. The van der Waals surface area contributed by atoms with Gasteiger partial charge < -0.3 is 10.6 Å². The van der Waals surface area contributed by atoms with Crippen LogP contribution < -0.4 is 21.1 Å². The van der Waals surface area contributed by atoms with Crippen LogP contribution in [0.5, 0.6) is 0 Å². The standard InChI is InChI=1S/C23H14BrN5/c24-18-9-11-19(12-10-18)27-23-20-3-1-2-4-21(20)28-22(29-23)16-7-5-15(6-8-16)17(13-25)14-26/h1-12,28H,(H,27,29). The zero-order valence-corrected chi connectivity index (χ0v) is 16.7. The van der Waals surface area contributed by atoms with E-state index >= 15 is 0 Å². The fourth-order valence-corrected chi connectivity index (χ4v) is 3.24. The molecule has 0 aromatic heterocycles. The number of nitrogens with zero attached hydrogens (tertiary/aromatic N) is 3. The van der Waals surface area contributed by atoms with E-state index in [1.54, 1.807) is 12.1 Å². The highest BCUT2D eigenvalue weighted by Crippen LogP contribution is 2.25. The maximum Gasteiger partial charge on any atom is 0.142 e. The van der Waals surface area contributed by atoms with Crippen molar-refractivity contribution >= 4 is 44.5 Å². The Balaban J connectivity index is 1.82. The molecule has 29 heavy (non-hydrogen) atoms. The van der Waals surface area contributed by atoms with Crippen LogP contribution in [0.15, 0.2) is 82.3 Å². The molecule has 0 spiro atoms. The van der Waals surface area contributed by atoms with Crippen molar-refractivity contribution in [2.75, 3.05) is 10.6 Å². The monoisotopic (exact) mass is 439 g/mol. The second-order valence-electron chi connectivity index (χ2n) is 6.29. The molecule has 0 amide bonds. The number of hydrogen-bond donors (Lipinski definition) is 2. The van der Waals surface area contributed by atoms with Crippen molar-refractivity contribution in [2.24, 2.45) is 4.99 Å². The van der Waals surface area contributed by atoms with Crippen LogP contribution in [0.25, 0.3) is 11.4 Å². The van der Waals surface area contributed by atoms with E-state index < -0.39 is 0 Å². The zero-order valence-electron chi connectivity index (χ0n) is 15.1. The number of anilines is 2. The number of para-hydroxylation sites is 1. The van der Waals surface area contributed by atoms with E-state index in [1.165, 1.54) is 0 Å². The molecule has 2 N–H and O–H groups in total. The van der Waals surface area contributed by atoms with Gasteiger partial charge in [0.1, 0.15) is 29.4 Å². The maximum absolute atomic E-state index is 9.04. The quantitative estimate of drug-likeness (QED) is 0.605. The lowest BCUT2D eigenvalue weighted by Crippen LogP contribution is -2.24. The summed E-state index contributed by atoms with van der Waals surface area (Å²) in [5, 5.41) is 26.3. The molecule has 0 radical (unpaired) electrons. The summed E-state index contributed by atoms with van der Waals surface area (Å²) in [6.07, 6.45) is 0. The topological polar surface area (TPSA) is 84.0 Å². The maximum atomic E-state index is 9.04. The van der Waals surface area contributed by atoms with Crippen LogP contribution in [-0.4, -0.2) is 5.84 Å². The third kappa shape index (κ3) is 3.89. The van der Waals surface area contributed by atoms with Gasteiger partial charge in [0.05, 0.1) is 5.69 Å². The van der Waals surface area contributed by atoms with E-state index in [0.29, 0.717) is 11.0 Å². The summed E-state index contributed by atoms with van der Waals surface area (Å²) in [4.78, 5) is 4.79. The lowest BCUT2D eigenvalue weighted by molar-refractivity contribution is 1.35. The minimum Gasteiger partial charge on any atom is -0.340 e. The summed E-state index contributed by atoms with van der Waals surface area (Å²) in [7, 11) is 0. The van der Waals surface area contributed by atoms with E-state index in [0.717, 1.165) is 32.5 Å². The number of fused-ring (bicyclic) bond motifs is 1. The second-order valence-corrected chi connectivity index (χ2v) is 7.20. The second kappa shape index (κ2) is 8.02. The average Bonchev–Trinajstić information content (AvgIpc) is 2.76. The molecule has 1 heterocycles. The van der Waals surface area contributed by atoms with E-state index in [9.17, 15) is 0 Å². The summed E-state index contributed by atoms with van der Waals surface area (Å²) in [6, 6.07) is 26.9. The van der Waals surface area contributed by atoms with Crippen LogP contribution in [0.1, 0.15) is 5.56 Å². The smallest absolute Gasteiger partial charge is 0.142 e. The molecule has 0 saturated carbocycles. The van der Waals surface area contributed by atoms with Gasteiger partial charge in [0.2, 0.25) is 0 Å². The Morgan fingerprint density at radius 3 is 2.28 bits per heavy atom. The molecular formula is C23H14BrN5. The summed E-state index contributed by atoms with van der Waals surface area (Å²) < 4.78 is 1.01. The van der Waals surface area contributed by atoms with Crippen molar-refractivity contribution in [3.8, 4) is 12.1 Å². The molecule has 5 nitrogen and oxygen atoms in total. The number of amidine groups is 1.